The zero-order valence-electron chi connectivity index (χ0n) is 12.3. The van der Waals surface area contributed by atoms with E-state index < -0.39 is 0 Å². The Balaban J connectivity index is 2.21. The van der Waals surface area contributed by atoms with Crippen LogP contribution in [0.15, 0.2) is 42.5 Å². The van der Waals surface area contributed by atoms with Crippen molar-refractivity contribution in [1.29, 1.82) is 0 Å². The maximum absolute atomic E-state index is 12.3. The minimum absolute atomic E-state index is 0.151. The second-order valence-corrected chi connectivity index (χ2v) is 4.96. The molecular formula is C17H20N2O2. The van der Waals surface area contributed by atoms with Gasteiger partial charge in [0.15, 0.2) is 0 Å². The number of nitrogens with one attached hydrogen (secondary N) is 1. The molecule has 0 aliphatic heterocycles. The van der Waals surface area contributed by atoms with Crippen LogP contribution in [0.25, 0.3) is 0 Å². The Bertz CT molecular complexity index is 638. The van der Waals surface area contributed by atoms with Crippen molar-refractivity contribution in [3.8, 4) is 5.75 Å². The molecule has 0 heterocycles. The van der Waals surface area contributed by atoms with Crippen LogP contribution >= 0.6 is 0 Å². The summed E-state index contributed by atoms with van der Waals surface area (Å²) in [5.41, 5.74) is 8.84. The molecule has 2 aromatic rings. The number of anilines is 1. The summed E-state index contributed by atoms with van der Waals surface area (Å²) in [6.45, 7) is 4.77. The Morgan fingerprint density at radius 2 is 1.90 bits per heavy atom. The fraction of sp³-hybridized carbons (Fsp3) is 0.235. The molecule has 0 saturated carbocycles. The molecule has 0 spiro atoms. The Hall–Kier alpha value is -2.33. The van der Waals surface area contributed by atoms with Crippen LogP contribution in [0.3, 0.4) is 0 Å². The first-order chi connectivity index (χ1) is 10.1. The lowest BCUT2D eigenvalue weighted by atomic mass is 10.1. The molecule has 1 amide bonds. The van der Waals surface area contributed by atoms with Gasteiger partial charge >= 0.3 is 0 Å². The van der Waals surface area contributed by atoms with E-state index in [2.05, 4.69) is 5.32 Å². The van der Waals surface area contributed by atoms with E-state index in [9.17, 15) is 4.79 Å². The van der Waals surface area contributed by atoms with Crippen LogP contribution in [0, 0.1) is 13.8 Å². The highest BCUT2D eigenvalue weighted by Gasteiger charge is 2.10. The van der Waals surface area contributed by atoms with E-state index in [1.165, 1.54) is 0 Å². The number of amides is 1. The number of carbonyl (C=O) groups excluding carboxylic acids is 1. The highest BCUT2D eigenvalue weighted by Crippen LogP contribution is 2.26. The maximum Gasteiger partial charge on any atom is 0.255 e. The molecule has 0 aromatic heterocycles. The zero-order chi connectivity index (χ0) is 15.2. The van der Waals surface area contributed by atoms with Crippen LogP contribution in [0.5, 0.6) is 5.75 Å². The van der Waals surface area contributed by atoms with Crippen molar-refractivity contribution in [3.05, 3.63) is 59.2 Å². The van der Waals surface area contributed by atoms with Crippen molar-refractivity contribution in [1.82, 2.24) is 0 Å². The van der Waals surface area contributed by atoms with E-state index in [-0.39, 0.29) is 5.91 Å². The van der Waals surface area contributed by atoms with Gasteiger partial charge in [0.2, 0.25) is 0 Å². The van der Waals surface area contributed by atoms with Crippen LogP contribution in [-0.4, -0.2) is 19.1 Å². The Labute approximate surface area is 124 Å². The monoisotopic (exact) mass is 284 g/mol. The summed E-state index contributed by atoms with van der Waals surface area (Å²) in [7, 11) is 0. The number of nitrogens with two attached hydrogens (primary N) is 1. The van der Waals surface area contributed by atoms with E-state index in [1.54, 1.807) is 6.07 Å². The highest BCUT2D eigenvalue weighted by atomic mass is 16.5. The van der Waals surface area contributed by atoms with Crippen LogP contribution in [0.2, 0.25) is 0 Å². The summed E-state index contributed by atoms with van der Waals surface area (Å²) >= 11 is 0. The first-order valence-corrected chi connectivity index (χ1v) is 6.91. The SMILES string of the molecule is Cc1cccc(C(=O)Nc2cc(C)ccc2OCCN)c1. The highest BCUT2D eigenvalue weighted by molar-refractivity contribution is 6.05. The molecule has 3 N–H and O–H groups in total. The minimum Gasteiger partial charge on any atom is -0.490 e. The Morgan fingerprint density at radius 1 is 1.14 bits per heavy atom. The largest absolute Gasteiger partial charge is 0.490 e. The number of rotatable bonds is 5. The number of ether oxygens (including phenoxy) is 1. The fourth-order valence-corrected chi connectivity index (χ4v) is 2.02. The van der Waals surface area contributed by atoms with Gasteiger partial charge in [-0.2, -0.15) is 0 Å². The molecule has 21 heavy (non-hydrogen) atoms. The quantitative estimate of drug-likeness (QED) is 0.887. The lowest BCUT2D eigenvalue weighted by Crippen LogP contribution is -2.15. The number of benzene rings is 2. The van der Waals surface area contributed by atoms with Gasteiger partial charge in [-0.1, -0.05) is 23.8 Å². The van der Waals surface area contributed by atoms with Crippen molar-refractivity contribution in [2.75, 3.05) is 18.5 Å². The standard InChI is InChI=1S/C17H20N2O2/c1-12-4-3-5-14(10-12)17(20)19-15-11-13(2)6-7-16(15)21-9-8-18/h3-7,10-11H,8-9,18H2,1-2H3,(H,19,20). The van der Waals surface area contributed by atoms with Gasteiger partial charge < -0.3 is 15.8 Å². The molecule has 0 radical (unpaired) electrons. The molecule has 4 heteroatoms. The predicted molar refractivity (Wildman–Crippen MR) is 84.9 cm³/mol. The van der Waals surface area contributed by atoms with Gasteiger partial charge in [0.05, 0.1) is 5.69 Å². The van der Waals surface area contributed by atoms with Crippen molar-refractivity contribution in [2.45, 2.75) is 13.8 Å². The molecule has 0 saturated heterocycles. The van der Waals surface area contributed by atoms with Crippen LogP contribution in [0.1, 0.15) is 21.5 Å². The smallest absolute Gasteiger partial charge is 0.255 e. The normalized spacial score (nSPS) is 10.2. The lowest BCUT2D eigenvalue weighted by Gasteiger charge is -2.13. The van der Waals surface area contributed by atoms with Crippen LogP contribution in [0.4, 0.5) is 5.69 Å². The first kappa shape index (κ1) is 15.1. The molecule has 0 aliphatic rings. The fourth-order valence-electron chi connectivity index (χ4n) is 2.02. The van der Waals surface area contributed by atoms with Gasteiger partial charge in [-0.3, -0.25) is 4.79 Å². The minimum atomic E-state index is -0.151. The zero-order valence-corrected chi connectivity index (χ0v) is 12.3. The number of carbonyl (C=O) groups is 1. The molecule has 0 fully saturated rings. The summed E-state index contributed by atoms with van der Waals surface area (Å²) in [4.78, 5) is 12.3. The average molecular weight is 284 g/mol. The average Bonchev–Trinajstić information content (AvgIpc) is 2.46. The van der Waals surface area contributed by atoms with Gasteiger partial charge in [0, 0.05) is 12.1 Å². The van der Waals surface area contributed by atoms with Crippen molar-refractivity contribution >= 4 is 11.6 Å². The molecule has 2 rings (SSSR count). The van der Waals surface area contributed by atoms with E-state index >= 15 is 0 Å². The Morgan fingerprint density at radius 3 is 2.62 bits per heavy atom. The van der Waals surface area contributed by atoms with Gasteiger partial charge in [-0.15, -0.1) is 0 Å². The molecule has 0 bridgehead atoms. The Kier molecular flexibility index (Phi) is 4.95. The number of hydrogen-bond acceptors (Lipinski definition) is 3. The van der Waals surface area contributed by atoms with E-state index in [4.69, 9.17) is 10.5 Å². The van der Waals surface area contributed by atoms with E-state index in [0.717, 1.165) is 11.1 Å². The van der Waals surface area contributed by atoms with Crippen molar-refractivity contribution in [3.63, 3.8) is 0 Å². The second kappa shape index (κ2) is 6.90. The lowest BCUT2D eigenvalue weighted by molar-refractivity contribution is 0.102. The number of hydrogen-bond donors (Lipinski definition) is 2. The topological polar surface area (TPSA) is 64.3 Å². The molecule has 110 valence electrons. The van der Waals surface area contributed by atoms with Gasteiger partial charge in [0.25, 0.3) is 5.91 Å². The molecule has 0 atom stereocenters. The summed E-state index contributed by atoms with van der Waals surface area (Å²) < 4.78 is 5.56. The second-order valence-electron chi connectivity index (χ2n) is 4.96. The van der Waals surface area contributed by atoms with Gasteiger partial charge in [-0.25, -0.2) is 0 Å². The third-order valence-corrected chi connectivity index (χ3v) is 3.04. The van der Waals surface area contributed by atoms with Gasteiger partial charge in [0.1, 0.15) is 12.4 Å². The van der Waals surface area contributed by atoms with Crippen LogP contribution in [-0.2, 0) is 0 Å². The summed E-state index contributed by atoms with van der Waals surface area (Å²) in [6, 6.07) is 13.1. The molecule has 0 unspecified atom stereocenters. The summed E-state index contributed by atoms with van der Waals surface area (Å²) in [5.74, 6) is 0.481. The predicted octanol–water partition coefficient (Wildman–Crippen LogP) is 2.89. The maximum atomic E-state index is 12.3. The van der Waals surface area contributed by atoms with Gasteiger partial charge in [-0.05, 0) is 43.7 Å². The van der Waals surface area contributed by atoms with Crippen molar-refractivity contribution in [2.24, 2.45) is 5.73 Å². The molecule has 4 nitrogen and oxygen atoms in total. The van der Waals surface area contributed by atoms with Crippen molar-refractivity contribution < 1.29 is 9.53 Å². The van der Waals surface area contributed by atoms with E-state index in [0.29, 0.717) is 30.2 Å². The molecular weight excluding hydrogens is 264 g/mol. The molecule has 0 aliphatic carbocycles. The first-order valence-electron chi connectivity index (χ1n) is 6.91. The third kappa shape index (κ3) is 4.07. The summed E-state index contributed by atoms with van der Waals surface area (Å²) in [6.07, 6.45) is 0. The number of aryl methyl sites for hydroxylation is 2. The molecule has 2 aromatic carbocycles. The third-order valence-electron chi connectivity index (χ3n) is 3.04. The summed E-state index contributed by atoms with van der Waals surface area (Å²) in [5, 5.41) is 2.90. The van der Waals surface area contributed by atoms with E-state index in [1.807, 2.05) is 50.2 Å². The van der Waals surface area contributed by atoms with Crippen LogP contribution < -0.4 is 15.8 Å².